The SMILES string of the molecule is Cc1nc(-c2ccc(NC(=O)CCc3ccc4c(c3)OCCCO4)cc2)cs1. The molecule has 0 fully saturated rings. The summed E-state index contributed by atoms with van der Waals surface area (Å²) in [5.41, 5.74) is 3.87. The summed E-state index contributed by atoms with van der Waals surface area (Å²) in [6, 6.07) is 13.7. The van der Waals surface area contributed by atoms with Crippen LogP contribution in [0, 0.1) is 6.92 Å². The van der Waals surface area contributed by atoms with Gasteiger partial charge in [-0.2, -0.15) is 0 Å². The Labute approximate surface area is 168 Å². The summed E-state index contributed by atoms with van der Waals surface area (Å²) in [6.07, 6.45) is 1.94. The van der Waals surface area contributed by atoms with Gasteiger partial charge in [-0.05, 0) is 43.2 Å². The van der Waals surface area contributed by atoms with Gasteiger partial charge in [-0.25, -0.2) is 4.98 Å². The molecule has 0 saturated heterocycles. The van der Waals surface area contributed by atoms with Crippen LogP contribution in [-0.4, -0.2) is 24.1 Å². The molecule has 0 atom stereocenters. The third kappa shape index (κ3) is 4.51. The van der Waals surface area contributed by atoms with Crippen LogP contribution in [0.4, 0.5) is 5.69 Å². The van der Waals surface area contributed by atoms with Crippen molar-refractivity contribution in [3.63, 3.8) is 0 Å². The summed E-state index contributed by atoms with van der Waals surface area (Å²) in [6.45, 7) is 3.33. The van der Waals surface area contributed by atoms with Gasteiger partial charge in [0.1, 0.15) is 0 Å². The molecule has 4 rings (SSSR count). The molecule has 5 nitrogen and oxygen atoms in total. The molecule has 1 aliphatic heterocycles. The zero-order valence-corrected chi connectivity index (χ0v) is 16.6. The number of anilines is 1. The van der Waals surface area contributed by atoms with E-state index in [0.717, 1.165) is 45.4 Å². The molecule has 1 N–H and O–H groups in total. The zero-order valence-electron chi connectivity index (χ0n) is 15.7. The molecule has 2 aromatic carbocycles. The molecule has 0 bridgehead atoms. The maximum Gasteiger partial charge on any atom is 0.224 e. The Morgan fingerprint density at radius 1 is 1.11 bits per heavy atom. The zero-order chi connectivity index (χ0) is 19.3. The highest BCUT2D eigenvalue weighted by atomic mass is 32.1. The summed E-state index contributed by atoms with van der Waals surface area (Å²) in [5, 5.41) is 6.04. The lowest BCUT2D eigenvalue weighted by Crippen LogP contribution is -2.12. The number of nitrogens with one attached hydrogen (secondary N) is 1. The van der Waals surface area contributed by atoms with Crippen molar-refractivity contribution >= 4 is 22.9 Å². The number of rotatable bonds is 5. The number of fused-ring (bicyclic) bond motifs is 1. The highest BCUT2D eigenvalue weighted by molar-refractivity contribution is 7.09. The van der Waals surface area contributed by atoms with Crippen LogP contribution in [0.2, 0.25) is 0 Å². The minimum absolute atomic E-state index is 0.00985. The third-order valence-electron chi connectivity index (χ3n) is 4.54. The van der Waals surface area contributed by atoms with E-state index in [2.05, 4.69) is 10.3 Å². The van der Waals surface area contributed by atoms with Gasteiger partial charge in [-0.1, -0.05) is 18.2 Å². The van der Waals surface area contributed by atoms with Gasteiger partial charge in [0.2, 0.25) is 5.91 Å². The number of benzene rings is 2. The van der Waals surface area contributed by atoms with E-state index >= 15 is 0 Å². The molecule has 0 unspecified atom stereocenters. The van der Waals surface area contributed by atoms with Crippen molar-refractivity contribution in [1.82, 2.24) is 4.98 Å². The van der Waals surface area contributed by atoms with E-state index in [1.54, 1.807) is 11.3 Å². The Balaban J connectivity index is 1.32. The van der Waals surface area contributed by atoms with E-state index in [-0.39, 0.29) is 5.91 Å². The van der Waals surface area contributed by atoms with Crippen molar-refractivity contribution in [2.75, 3.05) is 18.5 Å². The van der Waals surface area contributed by atoms with Gasteiger partial charge in [0, 0.05) is 29.5 Å². The molecule has 0 spiro atoms. The molecule has 1 amide bonds. The van der Waals surface area contributed by atoms with Crippen LogP contribution in [-0.2, 0) is 11.2 Å². The molecule has 0 aliphatic carbocycles. The largest absolute Gasteiger partial charge is 0.490 e. The topological polar surface area (TPSA) is 60.5 Å². The van der Waals surface area contributed by atoms with Crippen molar-refractivity contribution in [2.45, 2.75) is 26.2 Å². The second-order valence-electron chi connectivity index (χ2n) is 6.71. The quantitative estimate of drug-likeness (QED) is 0.672. The van der Waals surface area contributed by atoms with E-state index in [1.165, 1.54) is 0 Å². The third-order valence-corrected chi connectivity index (χ3v) is 5.31. The Kier molecular flexibility index (Phi) is 5.58. The fourth-order valence-corrected chi connectivity index (χ4v) is 3.69. The number of thiazole rings is 1. The summed E-state index contributed by atoms with van der Waals surface area (Å²) in [4.78, 5) is 16.8. The standard InChI is InChI=1S/C22H22N2O3S/c1-15-23-19(14-28-15)17-5-7-18(8-6-17)24-22(25)10-4-16-3-9-20-21(13-16)27-12-2-11-26-20/h3,5-9,13-14H,2,4,10-12H2,1H3,(H,24,25). The summed E-state index contributed by atoms with van der Waals surface area (Å²) < 4.78 is 11.4. The number of carbonyl (C=O) groups excluding carboxylic acids is 1. The lowest BCUT2D eigenvalue weighted by atomic mass is 10.1. The van der Waals surface area contributed by atoms with Gasteiger partial charge in [-0.15, -0.1) is 11.3 Å². The van der Waals surface area contributed by atoms with Gasteiger partial charge in [0.05, 0.1) is 23.9 Å². The number of amides is 1. The highest BCUT2D eigenvalue weighted by Crippen LogP contribution is 2.30. The van der Waals surface area contributed by atoms with Crippen molar-refractivity contribution in [2.24, 2.45) is 0 Å². The van der Waals surface area contributed by atoms with Crippen LogP contribution in [0.1, 0.15) is 23.4 Å². The first-order valence-corrected chi connectivity index (χ1v) is 10.3. The molecular formula is C22H22N2O3S. The number of nitrogens with zero attached hydrogens (tertiary/aromatic N) is 1. The Hall–Kier alpha value is -2.86. The minimum Gasteiger partial charge on any atom is -0.490 e. The maximum absolute atomic E-state index is 12.3. The average Bonchev–Trinajstić information content (AvgIpc) is 3.00. The number of ether oxygens (including phenoxy) is 2. The molecular weight excluding hydrogens is 372 g/mol. The first-order valence-electron chi connectivity index (χ1n) is 9.38. The van der Waals surface area contributed by atoms with Crippen molar-refractivity contribution in [3.8, 4) is 22.8 Å². The normalized spacial score (nSPS) is 13.0. The van der Waals surface area contributed by atoms with Gasteiger partial charge >= 0.3 is 0 Å². The lowest BCUT2D eigenvalue weighted by molar-refractivity contribution is -0.116. The molecule has 1 aliphatic rings. The van der Waals surface area contributed by atoms with Crippen molar-refractivity contribution in [1.29, 1.82) is 0 Å². The Morgan fingerprint density at radius 2 is 1.89 bits per heavy atom. The van der Waals surface area contributed by atoms with Crippen LogP contribution >= 0.6 is 11.3 Å². The van der Waals surface area contributed by atoms with E-state index < -0.39 is 0 Å². The molecule has 144 valence electrons. The van der Waals surface area contributed by atoms with Crippen LogP contribution < -0.4 is 14.8 Å². The molecule has 28 heavy (non-hydrogen) atoms. The second-order valence-corrected chi connectivity index (χ2v) is 7.77. The number of hydrogen-bond donors (Lipinski definition) is 1. The number of hydrogen-bond acceptors (Lipinski definition) is 5. The monoisotopic (exact) mass is 394 g/mol. The molecule has 0 saturated carbocycles. The smallest absolute Gasteiger partial charge is 0.224 e. The molecule has 6 heteroatoms. The second kappa shape index (κ2) is 8.44. The minimum atomic E-state index is -0.00985. The van der Waals surface area contributed by atoms with Gasteiger partial charge in [0.15, 0.2) is 11.5 Å². The summed E-state index contributed by atoms with van der Waals surface area (Å²) in [5.74, 6) is 1.54. The average molecular weight is 394 g/mol. The van der Waals surface area contributed by atoms with Crippen molar-refractivity contribution < 1.29 is 14.3 Å². The molecule has 1 aromatic heterocycles. The van der Waals surface area contributed by atoms with E-state index in [9.17, 15) is 4.79 Å². The van der Waals surface area contributed by atoms with Gasteiger partial charge in [-0.3, -0.25) is 4.79 Å². The number of carbonyl (C=O) groups is 1. The van der Waals surface area contributed by atoms with Gasteiger partial charge in [0.25, 0.3) is 0 Å². The van der Waals surface area contributed by atoms with Crippen LogP contribution in [0.5, 0.6) is 11.5 Å². The van der Waals surface area contributed by atoms with Crippen LogP contribution in [0.15, 0.2) is 47.8 Å². The van der Waals surface area contributed by atoms with E-state index in [1.807, 2.05) is 54.8 Å². The van der Waals surface area contributed by atoms with Crippen LogP contribution in [0.25, 0.3) is 11.3 Å². The number of aryl methyl sites for hydroxylation is 2. The highest BCUT2D eigenvalue weighted by Gasteiger charge is 2.11. The molecule has 0 radical (unpaired) electrons. The maximum atomic E-state index is 12.3. The van der Waals surface area contributed by atoms with Crippen LogP contribution in [0.3, 0.4) is 0 Å². The van der Waals surface area contributed by atoms with E-state index in [0.29, 0.717) is 26.1 Å². The molecule has 2 heterocycles. The van der Waals surface area contributed by atoms with E-state index in [4.69, 9.17) is 9.47 Å². The summed E-state index contributed by atoms with van der Waals surface area (Å²) >= 11 is 1.63. The Bertz CT molecular complexity index is 966. The molecule has 3 aromatic rings. The fourth-order valence-electron chi connectivity index (χ4n) is 3.06. The first-order chi connectivity index (χ1) is 13.7. The lowest BCUT2D eigenvalue weighted by Gasteiger charge is -2.10. The predicted molar refractivity (Wildman–Crippen MR) is 111 cm³/mol. The summed E-state index contributed by atoms with van der Waals surface area (Å²) in [7, 11) is 0. The van der Waals surface area contributed by atoms with Crippen molar-refractivity contribution in [3.05, 3.63) is 58.4 Å². The number of aromatic nitrogens is 1. The fraction of sp³-hybridized carbons (Fsp3) is 0.273. The predicted octanol–water partition coefficient (Wildman–Crippen LogP) is 4.85. The first kappa shape index (κ1) is 18.5. The van der Waals surface area contributed by atoms with Gasteiger partial charge < -0.3 is 14.8 Å². The Morgan fingerprint density at radius 3 is 2.64 bits per heavy atom.